The highest BCUT2D eigenvalue weighted by Gasteiger charge is 2.39. The first-order valence-corrected chi connectivity index (χ1v) is 10.4. The minimum Gasteiger partial charge on any atom is -0.376 e. The molecular formula is C20H24F3N3O2S. The van der Waals surface area contributed by atoms with Crippen molar-refractivity contribution >= 4 is 17.7 Å². The lowest BCUT2D eigenvalue weighted by Crippen LogP contribution is -2.29. The van der Waals surface area contributed by atoms with Gasteiger partial charge in [-0.1, -0.05) is 26.0 Å². The predicted octanol–water partition coefficient (Wildman–Crippen LogP) is 3.83. The number of hydrogen-bond acceptors (Lipinski definition) is 4. The Morgan fingerprint density at radius 3 is 2.69 bits per heavy atom. The molecule has 3 rings (SSSR count). The molecule has 0 unspecified atom stereocenters. The highest BCUT2D eigenvalue weighted by atomic mass is 32.2. The molecule has 1 N–H and O–H groups in total. The van der Waals surface area contributed by atoms with Crippen LogP contribution in [0.1, 0.15) is 36.4 Å². The van der Waals surface area contributed by atoms with E-state index in [9.17, 15) is 18.0 Å². The van der Waals surface area contributed by atoms with E-state index in [0.29, 0.717) is 24.0 Å². The highest BCUT2D eigenvalue weighted by molar-refractivity contribution is 7.99. The van der Waals surface area contributed by atoms with Crippen molar-refractivity contribution in [2.75, 3.05) is 13.2 Å². The van der Waals surface area contributed by atoms with E-state index in [0.717, 1.165) is 10.5 Å². The van der Waals surface area contributed by atoms with Gasteiger partial charge in [0.1, 0.15) is 0 Å². The predicted molar refractivity (Wildman–Crippen MR) is 105 cm³/mol. The van der Waals surface area contributed by atoms with Crippen LogP contribution in [0.5, 0.6) is 0 Å². The van der Waals surface area contributed by atoms with Crippen molar-refractivity contribution in [3.8, 4) is 0 Å². The van der Waals surface area contributed by atoms with Gasteiger partial charge in [-0.3, -0.25) is 9.48 Å². The third kappa shape index (κ3) is 5.76. The average Bonchev–Trinajstić information content (AvgIpc) is 3.02. The fourth-order valence-electron chi connectivity index (χ4n) is 3.23. The molecule has 2 aromatic rings. The van der Waals surface area contributed by atoms with Gasteiger partial charge in [0.25, 0.3) is 0 Å². The molecule has 0 bridgehead atoms. The quantitative estimate of drug-likeness (QED) is 0.683. The summed E-state index contributed by atoms with van der Waals surface area (Å²) in [6, 6.07) is 7.82. The van der Waals surface area contributed by atoms with E-state index in [1.54, 1.807) is 11.8 Å². The third-order valence-electron chi connectivity index (χ3n) is 4.47. The van der Waals surface area contributed by atoms with Gasteiger partial charge in [-0.25, -0.2) is 0 Å². The lowest BCUT2D eigenvalue weighted by atomic mass is 10.1. The number of amides is 1. The van der Waals surface area contributed by atoms with Gasteiger partial charge >= 0.3 is 6.18 Å². The number of carbonyl (C=O) groups is 1. The van der Waals surface area contributed by atoms with Crippen molar-refractivity contribution in [1.29, 1.82) is 0 Å². The van der Waals surface area contributed by atoms with Crippen LogP contribution < -0.4 is 5.32 Å². The Morgan fingerprint density at radius 1 is 1.31 bits per heavy atom. The minimum absolute atomic E-state index is 0.0817. The molecule has 29 heavy (non-hydrogen) atoms. The van der Waals surface area contributed by atoms with Crippen molar-refractivity contribution in [2.24, 2.45) is 0 Å². The number of nitrogens with zero attached hydrogens (tertiary/aromatic N) is 2. The van der Waals surface area contributed by atoms with E-state index in [-0.39, 0.29) is 37.6 Å². The summed E-state index contributed by atoms with van der Waals surface area (Å²) < 4.78 is 46.0. The second kappa shape index (κ2) is 9.21. The van der Waals surface area contributed by atoms with Crippen LogP contribution in [-0.4, -0.2) is 34.1 Å². The number of carbonyl (C=O) groups excluding carboxylic acids is 1. The molecule has 1 amide bonds. The standard InChI is InChI=1S/C20H24F3N3O2S/c1-13(2)29-15-5-3-14(4-6-15)11-18(27)24-8-9-26-17-7-10-28-12-16(17)19(25-26)20(21,22)23/h3-6,13H,7-12H2,1-2H3,(H,24,27). The molecule has 1 aromatic carbocycles. The Kier molecular flexibility index (Phi) is 6.89. The number of nitrogens with one attached hydrogen (secondary N) is 1. The molecule has 0 spiro atoms. The molecular weight excluding hydrogens is 403 g/mol. The van der Waals surface area contributed by atoms with Crippen molar-refractivity contribution in [3.05, 3.63) is 46.8 Å². The van der Waals surface area contributed by atoms with E-state index >= 15 is 0 Å². The van der Waals surface area contributed by atoms with Crippen molar-refractivity contribution in [1.82, 2.24) is 15.1 Å². The summed E-state index contributed by atoms with van der Waals surface area (Å²) in [5, 5.41) is 6.99. The lowest BCUT2D eigenvalue weighted by Gasteiger charge is -2.15. The molecule has 2 heterocycles. The molecule has 1 aliphatic heterocycles. The fraction of sp³-hybridized carbons (Fsp3) is 0.500. The van der Waals surface area contributed by atoms with Crippen molar-refractivity contribution < 1.29 is 22.7 Å². The first-order valence-electron chi connectivity index (χ1n) is 9.50. The largest absolute Gasteiger partial charge is 0.435 e. The number of halogens is 3. The van der Waals surface area contributed by atoms with E-state index in [1.807, 2.05) is 24.3 Å². The molecule has 1 aliphatic rings. The van der Waals surface area contributed by atoms with Crippen LogP contribution in [0.4, 0.5) is 13.2 Å². The number of fused-ring (bicyclic) bond motifs is 1. The zero-order valence-electron chi connectivity index (χ0n) is 16.4. The molecule has 158 valence electrons. The Balaban J connectivity index is 1.55. The lowest BCUT2D eigenvalue weighted by molar-refractivity contribution is -0.142. The van der Waals surface area contributed by atoms with Crippen LogP contribution in [0.3, 0.4) is 0 Å². The van der Waals surface area contributed by atoms with Crippen molar-refractivity contribution in [2.45, 2.75) is 56.2 Å². The summed E-state index contributed by atoms with van der Waals surface area (Å²) in [7, 11) is 0. The molecule has 0 saturated carbocycles. The summed E-state index contributed by atoms with van der Waals surface area (Å²) in [4.78, 5) is 13.3. The molecule has 0 atom stereocenters. The third-order valence-corrected chi connectivity index (χ3v) is 5.49. The maximum Gasteiger partial charge on any atom is 0.435 e. The van der Waals surface area contributed by atoms with Gasteiger partial charge in [0.15, 0.2) is 5.69 Å². The monoisotopic (exact) mass is 427 g/mol. The summed E-state index contributed by atoms with van der Waals surface area (Å²) in [6.07, 6.45) is -3.90. The van der Waals surface area contributed by atoms with E-state index in [2.05, 4.69) is 24.3 Å². The van der Waals surface area contributed by atoms with Gasteiger partial charge in [0.05, 0.1) is 26.2 Å². The van der Waals surface area contributed by atoms with Crippen LogP contribution in [0.25, 0.3) is 0 Å². The zero-order chi connectivity index (χ0) is 21.0. The van der Waals surface area contributed by atoms with Crippen LogP contribution in [0.15, 0.2) is 29.2 Å². The fourth-order valence-corrected chi connectivity index (χ4v) is 4.07. The van der Waals surface area contributed by atoms with Crippen LogP contribution in [0, 0.1) is 0 Å². The minimum atomic E-state index is -4.51. The molecule has 1 aromatic heterocycles. The Bertz CT molecular complexity index is 848. The number of hydrogen-bond donors (Lipinski definition) is 1. The number of ether oxygens (including phenoxy) is 1. The maximum atomic E-state index is 13.2. The molecule has 9 heteroatoms. The number of alkyl halides is 3. The second-order valence-corrected chi connectivity index (χ2v) is 8.78. The topological polar surface area (TPSA) is 56.2 Å². The Hall–Kier alpha value is -2.00. The average molecular weight is 427 g/mol. The normalized spacial score (nSPS) is 14.1. The van der Waals surface area contributed by atoms with Gasteiger partial charge < -0.3 is 10.1 Å². The van der Waals surface area contributed by atoms with E-state index in [1.165, 1.54) is 4.68 Å². The van der Waals surface area contributed by atoms with Gasteiger partial charge in [0.2, 0.25) is 5.91 Å². The summed E-state index contributed by atoms with van der Waals surface area (Å²) in [5.41, 5.74) is 0.645. The smallest absolute Gasteiger partial charge is 0.376 e. The number of thioether (sulfide) groups is 1. The Labute approximate surface area is 172 Å². The van der Waals surface area contributed by atoms with Crippen molar-refractivity contribution in [3.63, 3.8) is 0 Å². The summed E-state index contributed by atoms with van der Waals surface area (Å²) in [6.45, 7) is 4.93. The van der Waals surface area contributed by atoms with Gasteiger partial charge in [0, 0.05) is 34.4 Å². The molecule has 0 radical (unpaired) electrons. The van der Waals surface area contributed by atoms with Gasteiger partial charge in [-0.2, -0.15) is 18.3 Å². The second-order valence-electron chi connectivity index (χ2n) is 7.13. The Morgan fingerprint density at radius 2 is 2.03 bits per heavy atom. The summed E-state index contributed by atoms with van der Waals surface area (Å²) in [5.74, 6) is -0.172. The highest BCUT2D eigenvalue weighted by Crippen LogP contribution is 2.34. The molecule has 5 nitrogen and oxygen atoms in total. The van der Waals surface area contributed by atoms with E-state index < -0.39 is 11.9 Å². The number of aromatic nitrogens is 2. The first kappa shape index (κ1) is 21.7. The first-order chi connectivity index (χ1) is 13.7. The summed E-state index contributed by atoms with van der Waals surface area (Å²) >= 11 is 1.75. The van der Waals surface area contributed by atoms with Gasteiger partial charge in [-0.05, 0) is 17.7 Å². The zero-order valence-corrected chi connectivity index (χ0v) is 17.2. The number of benzene rings is 1. The maximum absolute atomic E-state index is 13.2. The van der Waals surface area contributed by atoms with Crippen LogP contribution >= 0.6 is 11.8 Å². The number of rotatable bonds is 7. The SMILES string of the molecule is CC(C)Sc1ccc(CC(=O)NCCn2nc(C(F)(F)F)c3c2CCOC3)cc1. The molecule has 0 fully saturated rings. The van der Waals surface area contributed by atoms with Crippen LogP contribution in [-0.2, 0) is 41.7 Å². The van der Waals surface area contributed by atoms with Gasteiger partial charge in [-0.15, -0.1) is 11.8 Å². The van der Waals surface area contributed by atoms with Crippen LogP contribution in [0.2, 0.25) is 0 Å². The van der Waals surface area contributed by atoms with E-state index in [4.69, 9.17) is 4.74 Å². The molecule has 0 saturated heterocycles. The molecule has 0 aliphatic carbocycles.